The van der Waals surface area contributed by atoms with Crippen LogP contribution in [-0.2, 0) is 14.8 Å². The van der Waals surface area contributed by atoms with Crippen molar-refractivity contribution in [2.75, 3.05) is 56.4 Å². The van der Waals surface area contributed by atoms with E-state index in [0.29, 0.717) is 18.1 Å². The van der Waals surface area contributed by atoms with Crippen molar-refractivity contribution in [1.29, 1.82) is 0 Å². The summed E-state index contributed by atoms with van der Waals surface area (Å²) < 4.78 is 46.6. The van der Waals surface area contributed by atoms with Crippen molar-refractivity contribution < 1.29 is 27.4 Å². The molecular weight excluding hydrogens is 587 g/mol. The summed E-state index contributed by atoms with van der Waals surface area (Å²) in [5.74, 6) is 0.925. The second-order valence-electron chi connectivity index (χ2n) is 10.0. The third kappa shape index (κ3) is 9.73. The SMILES string of the molecule is CN1CCN(CCCOc2ccc(-c3cc(Nc4ccc(NS(=O)(=O)c5ccc(F)cc5)cc4)ncn3)cc2)CC1.O=CO. The fourth-order valence-corrected chi connectivity index (χ4v) is 5.51. The molecule has 0 atom stereocenters. The monoisotopic (exact) mass is 622 g/mol. The summed E-state index contributed by atoms with van der Waals surface area (Å²) in [4.78, 5) is 21.9. The van der Waals surface area contributed by atoms with E-state index in [-0.39, 0.29) is 11.4 Å². The summed E-state index contributed by atoms with van der Waals surface area (Å²) in [5.41, 5.74) is 2.79. The Hall–Kier alpha value is -4.59. The summed E-state index contributed by atoms with van der Waals surface area (Å²) in [7, 11) is -1.66. The molecule has 1 aliphatic rings. The number of anilines is 3. The highest BCUT2D eigenvalue weighted by molar-refractivity contribution is 7.92. The smallest absolute Gasteiger partial charge is 0.290 e. The van der Waals surface area contributed by atoms with Gasteiger partial charge in [0.25, 0.3) is 16.5 Å². The number of halogens is 1. The Labute approximate surface area is 256 Å². The minimum Gasteiger partial charge on any atom is -0.494 e. The van der Waals surface area contributed by atoms with Gasteiger partial charge in [-0.1, -0.05) is 0 Å². The molecule has 0 aliphatic carbocycles. The van der Waals surface area contributed by atoms with E-state index in [2.05, 4.69) is 36.9 Å². The van der Waals surface area contributed by atoms with E-state index in [1.165, 1.54) is 18.5 Å². The van der Waals surface area contributed by atoms with Crippen molar-refractivity contribution in [1.82, 2.24) is 19.8 Å². The van der Waals surface area contributed by atoms with Gasteiger partial charge in [0.1, 0.15) is 23.7 Å². The number of carboxylic acid groups (broad SMARTS) is 1. The van der Waals surface area contributed by atoms with Crippen LogP contribution >= 0.6 is 0 Å². The maximum absolute atomic E-state index is 13.1. The number of nitrogens with zero attached hydrogens (tertiary/aromatic N) is 4. The maximum atomic E-state index is 13.1. The van der Waals surface area contributed by atoms with Gasteiger partial charge in [0.2, 0.25) is 0 Å². The number of hydrogen-bond donors (Lipinski definition) is 3. The van der Waals surface area contributed by atoms with Gasteiger partial charge in [-0.15, -0.1) is 0 Å². The number of nitrogens with one attached hydrogen (secondary N) is 2. The second-order valence-corrected chi connectivity index (χ2v) is 11.7. The lowest BCUT2D eigenvalue weighted by molar-refractivity contribution is -0.122. The Bertz CT molecular complexity index is 1580. The average molecular weight is 623 g/mol. The molecular formula is C31H35FN6O5S. The molecule has 0 radical (unpaired) electrons. The van der Waals surface area contributed by atoms with Crippen LogP contribution in [0.15, 0.2) is 90.1 Å². The fraction of sp³-hybridized carbons (Fsp3) is 0.258. The Morgan fingerprint density at radius 1 is 0.932 bits per heavy atom. The molecule has 0 amide bonds. The van der Waals surface area contributed by atoms with E-state index in [1.54, 1.807) is 24.3 Å². The minimum atomic E-state index is -3.82. The van der Waals surface area contributed by atoms with Crippen molar-refractivity contribution in [3.63, 3.8) is 0 Å². The summed E-state index contributed by atoms with van der Waals surface area (Å²) >= 11 is 0. The number of aromatic nitrogens is 2. The van der Waals surface area contributed by atoms with Crippen molar-refractivity contribution in [3.05, 3.63) is 91.0 Å². The number of sulfonamides is 1. The van der Waals surface area contributed by atoms with E-state index >= 15 is 0 Å². The summed E-state index contributed by atoms with van der Waals surface area (Å²) in [6, 6.07) is 21.1. The van der Waals surface area contributed by atoms with Gasteiger partial charge in [-0.2, -0.15) is 0 Å². The number of ether oxygens (including phenoxy) is 1. The van der Waals surface area contributed by atoms with Gasteiger partial charge in [0.05, 0.1) is 17.2 Å². The Kier molecular flexibility index (Phi) is 11.6. The van der Waals surface area contributed by atoms with E-state index in [9.17, 15) is 12.8 Å². The first-order valence-corrected chi connectivity index (χ1v) is 15.4. The Balaban J connectivity index is 0.00000141. The highest BCUT2D eigenvalue weighted by atomic mass is 32.2. The predicted octanol–water partition coefficient (Wildman–Crippen LogP) is 4.54. The van der Waals surface area contributed by atoms with Crippen LogP contribution in [0.5, 0.6) is 5.75 Å². The molecule has 1 aromatic heterocycles. The van der Waals surface area contributed by atoms with Gasteiger partial charge in [-0.3, -0.25) is 9.52 Å². The first-order chi connectivity index (χ1) is 21.3. The van der Waals surface area contributed by atoms with Crippen LogP contribution in [0.3, 0.4) is 0 Å². The highest BCUT2D eigenvalue weighted by Crippen LogP contribution is 2.25. The van der Waals surface area contributed by atoms with E-state index < -0.39 is 15.8 Å². The zero-order valence-corrected chi connectivity index (χ0v) is 25.1. The molecule has 4 aromatic rings. The number of carbonyl (C=O) groups is 1. The lowest BCUT2D eigenvalue weighted by Crippen LogP contribution is -2.44. The third-order valence-corrected chi connectivity index (χ3v) is 8.23. The Morgan fingerprint density at radius 2 is 1.57 bits per heavy atom. The number of benzene rings is 3. The topological polar surface area (TPSA) is 137 Å². The van der Waals surface area contributed by atoms with Gasteiger partial charge >= 0.3 is 0 Å². The van der Waals surface area contributed by atoms with Crippen LogP contribution in [0.2, 0.25) is 0 Å². The van der Waals surface area contributed by atoms with Crippen molar-refractivity contribution in [2.45, 2.75) is 11.3 Å². The molecule has 1 saturated heterocycles. The van der Waals surface area contributed by atoms with Crippen LogP contribution < -0.4 is 14.8 Å². The molecule has 0 bridgehead atoms. The molecule has 1 fully saturated rings. The predicted molar refractivity (Wildman–Crippen MR) is 167 cm³/mol. The molecule has 232 valence electrons. The average Bonchev–Trinajstić information content (AvgIpc) is 3.02. The maximum Gasteiger partial charge on any atom is 0.290 e. The number of rotatable bonds is 11. The summed E-state index contributed by atoms with van der Waals surface area (Å²) in [6.45, 7) is 5.97. The number of piperazine rings is 1. The summed E-state index contributed by atoms with van der Waals surface area (Å²) in [6.07, 6.45) is 2.49. The normalized spacial score (nSPS) is 13.8. The fourth-order valence-electron chi connectivity index (χ4n) is 4.45. The molecule has 2 heterocycles. The van der Waals surface area contributed by atoms with Crippen LogP contribution in [0.4, 0.5) is 21.6 Å². The van der Waals surface area contributed by atoms with Crippen molar-refractivity contribution >= 4 is 33.7 Å². The lowest BCUT2D eigenvalue weighted by Gasteiger charge is -2.32. The number of hydrogen-bond acceptors (Lipinski definition) is 9. The third-order valence-electron chi connectivity index (χ3n) is 6.83. The molecule has 0 spiro atoms. The molecule has 0 unspecified atom stereocenters. The van der Waals surface area contributed by atoms with Gasteiger partial charge < -0.3 is 25.0 Å². The van der Waals surface area contributed by atoms with Crippen LogP contribution in [0, 0.1) is 5.82 Å². The standard InChI is InChI=1S/C30H33FN6O3S.CH2O2/c1-36-16-18-37(19-17-36)15-2-20-40-27-11-3-23(4-12-27)29-21-30(33-22-32-29)34-25-7-9-26(10-8-25)35-41(38,39)28-13-5-24(31)6-14-28;2-1-3/h3-14,21-22,35H,2,15-20H2,1H3,(H,32,33,34);1H,(H,2,3). The second kappa shape index (κ2) is 15.8. The Morgan fingerprint density at radius 3 is 2.23 bits per heavy atom. The molecule has 3 aromatic carbocycles. The minimum absolute atomic E-state index is 0.0181. The van der Waals surface area contributed by atoms with Gasteiger partial charge in [0, 0.05) is 55.7 Å². The largest absolute Gasteiger partial charge is 0.494 e. The first kappa shape index (κ1) is 32.3. The molecule has 0 saturated carbocycles. The van der Waals surface area contributed by atoms with E-state index in [0.717, 1.165) is 74.0 Å². The van der Waals surface area contributed by atoms with Crippen LogP contribution in [0.25, 0.3) is 11.3 Å². The van der Waals surface area contributed by atoms with Gasteiger partial charge in [0.15, 0.2) is 0 Å². The molecule has 11 nitrogen and oxygen atoms in total. The lowest BCUT2D eigenvalue weighted by atomic mass is 10.1. The first-order valence-electron chi connectivity index (χ1n) is 14.0. The number of likely N-dealkylation sites (N-methyl/N-ethyl adjacent to an activating group) is 1. The van der Waals surface area contributed by atoms with Crippen molar-refractivity contribution in [3.8, 4) is 17.0 Å². The molecule has 44 heavy (non-hydrogen) atoms. The zero-order valence-electron chi connectivity index (χ0n) is 24.3. The van der Waals surface area contributed by atoms with Crippen LogP contribution in [-0.4, -0.2) is 86.1 Å². The molecule has 5 rings (SSSR count). The zero-order chi connectivity index (χ0) is 31.4. The van der Waals surface area contributed by atoms with E-state index in [4.69, 9.17) is 14.6 Å². The highest BCUT2D eigenvalue weighted by Gasteiger charge is 2.15. The quantitative estimate of drug-likeness (QED) is 0.161. The molecule has 3 N–H and O–H groups in total. The van der Waals surface area contributed by atoms with Gasteiger partial charge in [-0.05, 0) is 86.3 Å². The molecule has 1 aliphatic heterocycles. The summed E-state index contributed by atoms with van der Waals surface area (Å²) in [5, 5.41) is 10.1. The van der Waals surface area contributed by atoms with Crippen molar-refractivity contribution in [2.24, 2.45) is 0 Å². The van der Waals surface area contributed by atoms with E-state index in [1.807, 2.05) is 30.3 Å². The van der Waals surface area contributed by atoms with Gasteiger partial charge in [-0.25, -0.2) is 22.8 Å². The van der Waals surface area contributed by atoms with Crippen LogP contribution in [0.1, 0.15) is 6.42 Å². The molecule has 13 heteroatoms.